The van der Waals surface area contributed by atoms with E-state index in [1.54, 1.807) is 0 Å². The molecule has 0 saturated carbocycles. The van der Waals surface area contributed by atoms with Crippen molar-refractivity contribution in [3.63, 3.8) is 0 Å². The summed E-state index contributed by atoms with van der Waals surface area (Å²) in [5.41, 5.74) is 2.90. The van der Waals surface area contributed by atoms with Crippen molar-refractivity contribution in [1.29, 1.82) is 5.26 Å². The number of hydrogen-bond acceptors (Lipinski definition) is 2. The van der Waals surface area contributed by atoms with Crippen molar-refractivity contribution in [3.05, 3.63) is 27.8 Å². The highest BCUT2D eigenvalue weighted by Crippen LogP contribution is 2.38. The van der Waals surface area contributed by atoms with Gasteiger partial charge in [0.1, 0.15) is 5.75 Å². The van der Waals surface area contributed by atoms with Gasteiger partial charge in [-0.3, -0.25) is 0 Å². The van der Waals surface area contributed by atoms with E-state index in [2.05, 4.69) is 0 Å². The van der Waals surface area contributed by atoms with E-state index in [1.807, 2.05) is 12.1 Å². The number of aromatic hydroxyl groups is 1. The number of phenols is 1. The summed E-state index contributed by atoms with van der Waals surface area (Å²) >= 11 is 6.02. The number of nitriles is 1. The van der Waals surface area contributed by atoms with Crippen LogP contribution in [0.25, 0.3) is 0 Å². The van der Waals surface area contributed by atoms with Crippen molar-refractivity contribution in [1.82, 2.24) is 0 Å². The maximum Gasteiger partial charge on any atom is 0.138 e. The van der Waals surface area contributed by atoms with E-state index < -0.39 is 0 Å². The third-order valence-electron chi connectivity index (χ3n) is 2.66. The largest absolute Gasteiger partial charge is 0.506 e. The molecule has 1 aliphatic rings. The van der Waals surface area contributed by atoms with Gasteiger partial charge in [0.2, 0.25) is 0 Å². The van der Waals surface area contributed by atoms with Crippen LogP contribution in [0.3, 0.4) is 0 Å². The summed E-state index contributed by atoms with van der Waals surface area (Å²) in [5.74, 6) is 0.0915. The lowest BCUT2D eigenvalue weighted by molar-refractivity contribution is 0.469. The Morgan fingerprint density at radius 2 is 2.29 bits per heavy atom. The summed E-state index contributed by atoms with van der Waals surface area (Å²) < 4.78 is 0. The van der Waals surface area contributed by atoms with Crippen molar-refractivity contribution in [2.24, 2.45) is 0 Å². The summed E-state index contributed by atoms with van der Waals surface area (Å²) in [4.78, 5) is 0. The minimum absolute atomic E-state index is 0.0915. The molecule has 0 amide bonds. The Bertz CT molecular complexity index is 420. The molecule has 3 heteroatoms. The molecule has 1 aromatic carbocycles. The van der Waals surface area contributed by atoms with Gasteiger partial charge in [-0.1, -0.05) is 17.7 Å². The van der Waals surface area contributed by atoms with Gasteiger partial charge >= 0.3 is 0 Å². The van der Waals surface area contributed by atoms with Gasteiger partial charge in [0.25, 0.3) is 0 Å². The molecule has 0 fully saturated rings. The third kappa shape index (κ3) is 1.34. The van der Waals surface area contributed by atoms with Gasteiger partial charge in [-0.05, 0) is 30.4 Å². The Kier molecular flexibility index (Phi) is 2.35. The summed E-state index contributed by atoms with van der Waals surface area (Å²) in [7, 11) is 0. The van der Waals surface area contributed by atoms with Crippen molar-refractivity contribution < 1.29 is 5.11 Å². The van der Waals surface area contributed by atoms with E-state index in [-0.39, 0.29) is 12.2 Å². The smallest absolute Gasteiger partial charge is 0.138 e. The van der Waals surface area contributed by atoms with Crippen LogP contribution in [0.4, 0.5) is 0 Å². The molecule has 2 rings (SSSR count). The van der Waals surface area contributed by atoms with Crippen LogP contribution >= 0.6 is 11.6 Å². The molecule has 0 unspecified atom stereocenters. The van der Waals surface area contributed by atoms with Gasteiger partial charge in [0.15, 0.2) is 0 Å². The van der Waals surface area contributed by atoms with Gasteiger partial charge in [0.05, 0.1) is 17.5 Å². The average Bonchev–Trinajstić information content (AvgIpc) is 2.62. The van der Waals surface area contributed by atoms with Crippen LogP contribution in [-0.2, 0) is 19.3 Å². The zero-order valence-electron chi connectivity index (χ0n) is 7.68. The van der Waals surface area contributed by atoms with E-state index in [9.17, 15) is 5.11 Å². The van der Waals surface area contributed by atoms with Crippen molar-refractivity contribution in [2.75, 3.05) is 0 Å². The van der Waals surface area contributed by atoms with E-state index in [0.29, 0.717) is 10.6 Å². The lowest BCUT2D eigenvalue weighted by atomic mass is 10.0. The SMILES string of the molecule is N#CCc1cc2c(c(Cl)c1O)CCC2. The minimum atomic E-state index is 0.0915. The first kappa shape index (κ1) is 9.36. The number of fused-ring (bicyclic) bond motifs is 1. The van der Waals surface area contributed by atoms with Gasteiger partial charge in [-0.2, -0.15) is 5.26 Å². The summed E-state index contributed by atoms with van der Waals surface area (Å²) in [5, 5.41) is 18.7. The minimum Gasteiger partial charge on any atom is -0.506 e. The predicted molar refractivity (Wildman–Crippen MR) is 54.5 cm³/mol. The number of nitrogens with zero attached hydrogens (tertiary/aromatic N) is 1. The van der Waals surface area contributed by atoms with Crippen LogP contribution in [0.2, 0.25) is 5.02 Å². The molecule has 0 saturated heterocycles. The van der Waals surface area contributed by atoms with Crippen LogP contribution in [0.1, 0.15) is 23.1 Å². The third-order valence-corrected chi connectivity index (χ3v) is 3.06. The zero-order valence-corrected chi connectivity index (χ0v) is 8.43. The molecule has 1 N–H and O–H groups in total. The lowest BCUT2D eigenvalue weighted by Crippen LogP contribution is -1.91. The molecular formula is C11H10ClNO. The average molecular weight is 208 g/mol. The number of halogens is 1. The molecule has 14 heavy (non-hydrogen) atoms. The van der Waals surface area contributed by atoms with Crippen LogP contribution in [0, 0.1) is 11.3 Å². The number of benzene rings is 1. The molecule has 0 atom stereocenters. The number of aryl methyl sites for hydroxylation is 1. The molecule has 72 valence electrons. The van der Waals surface area contributed by atoms with Crippen LogP contribution in [0.5, 0.6) is 5.75 Å². The van der Waals surface area contributed by atoms with Gasteiger partial charge in [-0.25, -0.2) is 0 Å². The van der Waals surface area contributed by atoms with Crippen LogP contribution in [0.15, 0.2) is 6.07 Å². The first-order valence-electron chi connectivity index (χ1n) is 4.63. The molecule has 2 nitrogen and oxygen atoms in total. The first-order chi connectivity index (χ1) is 6.74. The highest BCUT2D eigenvalue weighted by atomic mass is 35.5. The monoisotopic (exact) mass is 207 g/mol. The van der Waals surface area contributed by atoms with E-state index in [1.165, 1.54) is 5.56 Å². The highest BCUT2D eigenvalue weighted by molar-refractivity contribution is 6.33. The van der Waals surface area contributed by atoms with Crippen LogP contribution < -0.4 is 0 Å². The summed E-state index contributed by atoms with van der Waals surface area (Å²) in [6.07, 6.45) is 3.26. The Morgan fingerprint density at radius 3 is 3.00 bits per heavy atom. The molecule has 0 spiro atoms. The Hall–Kier alpha value is -1.20. The van der Waals surface area contributed by atoms with Crippen LogP contribution in [-0.4, -0.2) is 5.11 Å². The number of hydrogen-bond donors (Lipinski definition) is 1. The van der Waals surface area contributed by atoms with Crippen molar-refractivity contribution in [2.45, 2.75) is 25.7 Å². The molecule has 1 aromatic rings. The predicted octanol–water partition coefficient (Wildman–Crippen LogP) is 2.60. The maximum atomic E-state index is 9.71. The van der Waals surface area contributed by atoms with E-state index in [0.717, 1.165) is 24.8 Å². The fourth-order valence-electron chi connectivity index (χ4n) is 1.96. The first-order valence-corrected chi connectivity index (χ1v) is 5.01. The quantitative estimate of drug-likeness (QED) is 0.769. The zero-order chi connectivity index (χ0) is 10.1. The molecular weight excluding hydrogens is 198 g/mol. The van der Waals surface area contributed by atoms with Gasteiger partial charge in [0, 0.05) is 5.56 Å². The fraction of sp³-hybridized carbons (Fsp3) is 0.364. The number of rotatable bonds is 1. The summed E-state index contributed by atoms with van der Waals surface area (Å²) in [6.45, 7) is 0. The Morgan fingerprint density at radius 1 is 1.50 bits per heavy atom. The molecule has 0 heterocycles. The Labute approximate surface area is 87.7 Å². The lowest BCUT2D eigenvalue weighted by Gasteiger charge is -2.08. The highest BCUT2D eigenvalue weighted by Gasteiger charge is 2.19. The molecule has 0 radical (unpaired) electrons. The maximum absolute atomic E-state index is 9.71. The van der Waals surface area contributed by atoms with Crippen molar-refractivity contribution in [3.8, 4) is 11.8 Å². The van der Waals surface area contributed by atoms with Gasteiger partial charge < -0.3 is 5.11 Å². The number of phenolic OH excluding ortho intramolecular Hbond substituents is 1. The normalized spacial score (nSPS) is 13.7. The standard InChI is InChI=1S/C11H10ClNO/c12-10-9-3-1-2-7(9)6-8(4-5-13)11(10)14/h6,14H,1-4H2. The fourth-order valence-corrected chi connectivity index (χ4v) is 2.30. The topological polar surface area (TPSA) is 44.0 Å². The second kappa shape index (κ2) is 3.51. The molecule has 1 aliphatic carbocycles. The second-order valence-corrected chi connectivity index (χ2v) is 3.90. The van der Waals surface area contributed by atoms with Gasteiger partial charge in [-0.15, -0.1) is 0 Å². The molecule has 0 aliphatic heterocycles. The Balaban J connectivity index is 2.56. The summed E-state index contributed by atoms with van der Waals surface area (Å²) in [6, 6.07) is 3.93. The van der Waals surface area contributed by atoms with E-state index in [4.69, 9.17) is 16.9 Å². The molecule has 0 bridgehead atoms. The van der Waals surface area contributed by atoms with E-state index >= 15 is 0 Å². The molecule has 0 aromatic heterocycles. The second-order valence-electron chi connectivity index (χ2n) is 3.52. The van der Waals surface area contributed by atoms with Crippen molar-refractivity contribution >= 4 is 11.6 Å².